The molecule has 0 saturated carbocycles. The Hall–Kier alpha value is -1.65. The van der Waals surface area contributed by atoms with E-state index in [0.29, 0.717) is 6.42 Å². The number of pyridine rings is 1. The average Bonchev–Trinajstić information content (AvgIpc) is 2.03. The first-order valence-electron chi connectivity index (χ1n) is 3.68. The second kappa shape index (κ2) is 3.38. The van der Waals surface area contributed by atoms with E-state index in [1.54, 1.807) is 6.92 Å². The standard InChI is InChI=1S/C8H8FNO3/c1-2-5-6(11)3-4(9)7(10-5)8(12)13/h3,11H,2H2,1H3,(H,12,13). The van der Waals surface area contributed by atoms with Crippen LogP contribution in [-0.2, 0) is 6.42 Å². The first-order valence-corrected chi connectivity index (χ1v) is 3.68. The topological polar surface area (TPSA) is 70.4 Å². The molecule has 0 spiro atoms. The Morgan fingerprint density at radius 3 is 2.77 bits per heavy atom. The van der Waals surface area contributed by atoms with Gasteiger partial charge in [-0.05, 0) is 6.42 Å². The third-order valence-electron chi connectivity index (χ3n) is 1.57. The molecule has 2 N–H and O–H groups in total. The highest BCUT2D eigenvalue weighted by Gasteiger charge is 2.15. The van der Waals surface area contributed by atoms with E-state index in [4.69, 9.17) is 10.2 Å². The Labute approximate surface area is 73.7 Å². The van der Waals surface area contributed by atoms with Gasteiger partial charge in [0.2, 0.25) is 0 Å². The van der Waals surface area contributed by atoms with E-state index in [1.165, 1.54) is 0 Å². The smallest absolute Gasteiger partial charge is 0.357 e. The molecule has 1 aromatic rings. The summed E-state index contributed by atoms with van der Waals surface area (Å²) in [7, 11) is 0. The largest absolute Gasteiger partial charge is 0.506 e. The van der Waals surface area contributed by atoms with Gasteiger partial charge in [0.25, 0.3) is 0 Å². The highest BCUT2D eigenvalue weighted by Crippen LogP contribution is 2.18. The van der Waals surface area contributed by atoms with Gasteiger partial charge in [-0.1, -0.05) is 6.92 Å². The first-order chi connectivity index (χ1) is 6.06. The minimum atomic E-state index is -1.44. The number of carboxylic acid groups (broad SMARTS) is 1. The van der Waals surface area contributed by atoms with Crippen LogP contribution in [-0.4, -0.2) is 21.2 Å². The van der Waals surface area contributed by atoms with Crippen molar-refractivity contribution in [3.8, 4) is 5.75 Å². The number of halogens is 1. The number of hydrogen-bond acceptors (Lipinski definition) is 3. The highest BCUT2D eigenvalue weighted by atomic mass is 19.1. The zero-order chi connectivity index (χ0) is 10.0. The van der Waals surface area contributed by atoms with E-state index in [0.717, 1.165) is 6.07 Å². The van der Waals surface area contributed by atoms with Crippen LogP contribution in [0.5, 0.6) is 5.75 Å². The number of aromatic carboxylic acids is 1. The SMILES string of the molecule is CCc1nc(C(=O)O)c(F)cc1O. The normalized spacial score (nSPS) is 10.0. The summed E-state index contributed by atoms with van der Waals surface area (Å²) in [5.74, 6) is -2.78. The molecule has 1 heterocycles. The van der Waals surface area contributed by atoms with Gasteiger partial charge in [-0.3, -0.25) is 0 Å². The van der Waals surface area contributed by atoms with Crippen molar-refractivity contribution in [3.63, 3.8) is 0 Å². The molecular weight excluding hydrogens is 177 g/mol. The van der Waals surface area contributed by atoms with Crippen LogP contribution in [0.3, 0.4) is 0 Å². The molecule has 0 aliphatic carbocycles. The number of hydrogen-bond donors (Lipinski definition) is 2. The Morgan fingerprint density at radius 1 is 1.69 bits per heavy atom. The lowest BCUT2D eigenvalue weighted by molar-refractivity contribution is 0.0684. The van der Waals surface area contributed by atoms with E-state index in [9.17, 15) is 9.18 Å². The molecule has 70 valence electrons. The van der Waals surface area contributed by atoms with Crippen LogP contribution < -0.4 is 0 Å². The van der Waals surface area contributed by atoms with Gasteiger partial charge in [0.15, 0.2) is 11.5 Å². The molecule has 1 aromatic heterocycles. The van der Waals surface area contributed by atoms with Gasteiger partial charge in [0.05, 0.1) is 5.69 Å². The maximum Gasteiger partial charge on any atom is 0.357 e. The lowest BCUT2D eigenvalue weighted by Gasteiger charge is -2.02. The van der Waals surface area contributed by atoms with Gasteiger partial charge in [-0.15, -0.1) is 0 Å². The monoisotopic (exact) mass is 185 g/mol. The Morgan fingerprint density at radius 2 is 2.31 bits per heavy atom. The quantitative estimate of drug-likeness (QED) is 0.725. The van der Waals surface area contributed by atoms with E-state index in [2.05, 4.69) is 4.98 Å². The fourth-order valence-corrected chi connectivity index (χ4v) is 0.927. The van der Waals surface area contributed by atoms with Crippen molar-refractivity contribution in [2.24, 2.45) is 0 Å². The van der Waals surface area contributed by atoms with Crippen molar-refractivity contribution in [2.45, 2.75) is 13.3 Å². The summed E-state index contributed by atoms with van der Waals surface area (Å²) in [5, 5.41) is 17.6. The number of aromatic hydroxyl groups is 1. The molecule has 0 unspecified atom stereocenters. The third-order valence-corrected chi connectivity index (χ3v) is 1.57. The fourth-order valence-electron chi connectivity index (χ4n) is 0.927. The van der Waals surface area contributed by atoms with Crippen molar-refractivity contribution in [2.75, 3.05) is 0 Å². The highest BCUT2D eigenvalue weighted by molar-refractivity contribution is 5.85. The summed E-state index contributed by atoms with van der Waals surface area (Å²) in [6.45, 7) is 1.69. The Balaban J connectivity index is 3.30. The zero-order valence-corrected chi connectivity index (χ0v) is 6.91. The van der Waals surface area contributed by atoms with Crippen LogP contribution in [0.15, 0.2) is 6.07 Å². The van der Waals surface area contributed by atoms with Crippen LogP contribution in [0, 0.1) is 5.82 Å². The van der Waals surface area contributed by atoms with Crippen LogP contribution in [0.4, 0.5) is 4.39 Å². The summed E-state index contributed by atoms with van der Waals surface area (Å²) < 4.78 is 12.8. The molecule has 4 nitrogen and oxygen atoms in total. The van der Waals surface area contributed by atoms with Crippen molar-refractivity contribution in [1.82, 2.24) is 4.98 Å². The molecule has 0 radical (unpaired) electrons. The van der Waals surface area contributed by atoms with Gasteiger partial charge in [0, 0.05) is 6.07 Å². The summed E-state index contributed by atoms with van der Waals surface area (Å²) in [6.07, 6.45) is 0.354. The number of nitrogens with zero attached hydrogens (tertiary/aromatic N) is 1. The molecule has 0 saturated heterocycles. The van der Waals surface area contributed by atoms with Gasteiger partial charge in [-0.25, -0.2) is 14.2 Å². The number of aromatic nitrogens is 1. The number of aryl methyl sites for hydroxylation is 1. The van der Waals surface area contributed by atoms with Gasteiger partial charge in [0.1, 0.15) is 5.75 Å². The van der Waals surface area contributed by atoms with Crippen molar-refractivity contribution < 1.29 is 19.4 Å². The van der Waals surface area contributed by atoms with Crippen LogP contribution in [0.1, 0.15) is 23.1 Å². The molecule has 0 atom stereocenters. The van der Waals surface area contributed by atoms with Crippen molar-refractivity contribution in [1.29, 1.82) is 0 Å². The van der Waals surface area contributed by atoms with Crippen LogP contribution in [0.2, 0.25) is 0 Å². The number of carbonyl (C=O) groups is 1. The number of carboxylic acids is 1. The Bertz CT molecular complexity index is 351. The molecule has 0 aliphatic heterocycles. The molecule has 0 fully saturated rings. The summed E-state index contributed by atoms with van der Waals surface area (Å²) in [4.78, 5) is 13.9. The summed E-state index contributed by atoms with van der Waals surface area (Å²) in [6, 6.07) is 0.759. The lowest BCUT2D eigenvalue weighted by Crippen LogP contribution is -2.06. The maximum absolute atomic E-state index is 12.8. The molecule has 0 aliphatic rings. The van der Waals surface area contributed by atoms with E-state index in [-0.39, 0.29) is 11.4 Å². The zero-order valence-electron chi connectivity index (χ0n) is 6.91. The van der Waals surface area contributed by atoms with Crippen LogP contribution >= 0.6 is 0 Å². The second-order valence-corrected chi connectivity index (χ2v) is 2.44. The van der Waals surface area contributed by atoms with E-state index in [1.807, 2.05) is 0 Å². The molecule has 13 heavy (non-hydrogen) atoms. The minimum Gasteiger partial charge on any atom is -0.506 e. The predicted octanol–water partition coefficient (Wildman–Crippen LogP) is 1.19. The summed E-state index contributed by atoms with van der Waals surface area (Å²) >= 11 is 0. The Kier molecular flexibility index (Phi) is 2.46. The average molecular weight is 185 g/mol. The third kappa shape index (κ3) is 1.74. The van der Waals surface area contributed by atoms with E-state index >= 15 is 0 Å². The maximum atomic E-state index is 12.8. The lowest BCUT2D eigenvalue weighted by atomic mass is 10.2. The molecule has 5 heteroatoms. The molecule has 0 bridgehead atoms. The minimum absolute atomic E-state index is 0.179. The van der Waals surface area contributed by atoms with Crippen molar-refractivity contribution in [3.05, 3.63) is 23.3 Å². The molecular formula is C8H8FNO3. The predicted molar refractivity (Wildman–Crippen MR) is 42.2 cm³/mol. The van der Waals surface area contributed by atoms with Crippen LogP contribution in [0.25, 0.3) is 0 Å². The number of rotatable bonds is 2. The van der Waals surface area contributed by atoms with Crippen molar-refractivity contribution >= 4 is 5.97 Å². The second-order valence-electron chi connectivity index (χ2n) is 2.44. The van der Waals surface area contributed by atoms with E-state index < -0.39 is 17.5 Å². The molecule has 1 rings (SSSR count). The first kappa shape index (κ1) is 9.44. The van der Waals surface area contributed by atoms with Gasteiger partial charge < -0.3 is 10.2 Å². The fraction of sp³-hybridized carbons (Fsp3) is 0.250. The molecule has 0 aromatic carbocycles. The summed E-state index contributed by atoms with van der Waals surface area (Å²) in [5.41, 5.74) is -0.478. The molecule has 0 amide bonds. The van der Waals surface area contributed by atoms with Gasteiger partial charge in [-0.2, -0.15) is 0 Å². The van der Waals surface area contributed by atoms with Gasteiger partial charge >= 0.3 is 5.97 Å².